The van der Waals surface area contributed by atoms with Gasteiger partial charge in [0.15, 0.2) is 0 Å². The van der Waals surface area contributed by atoms with E-state index in [1.165, 1.54) is 30.2 Å². The highest BCUT2D eigenvalue weighted by molar-refractivity contribution is 6.30. The summed E-state index contributed by atoms with van der Waals surface area (Å²) < 4.78 is 53.9. The van der Waals surface area contributed by atoms with Crippen molar-refractivity contribution in [1.82, 2.24) is 0 Å². The summed E-state index contributed by atoms with van der Waals surface area (Å²) in [5.74, 6) is -0.844. The van der Waals surface area contributed by atoms with Crippen LogP contribution in [0.1, 0.15) is 30.0 Å². The summed E-state index contributed by atoms with van der Waals surface area (Å²) in [6.07, 6.45) is -4.14. The predicted octanol–water partition coefficient (Wildman–Crippen LogP) is 6.26. The summed E-state index contributed by atoms with van der Waals surface area (Å²) in [4.78, 5) is 28.2. The van der Waals surface area contributed by atoms with Gasteiger partial charge in [-0.3, -0.25) is 9.59 Å². The number of rotatable bonds is 11. The van der Waals surface area contributed by atoms with Gasteiger partial charge in [-0.2, -0.15) is 0 Å². The Morgan fingerprint density at radius 2 is 1.76 bits per heavy atom. The van der Waals surface area contributed by atoms with E-state index in [9.17, 15) is 22.8 Å². The number of amides is 1. The van der Waals surface area contributed by atoms with Crippen molar-refractivity contribution >= 4 is 34.9 Å². The lowest BCUT2D eigenvalue weighted by atomic mass is 10.0. The van der Waals surface area contributed by atoms with E-state index in [1.54, 1.807) is 54.4 Å². The van der Waals surface area contributed by atoms with Crippen LogP contribution in [0, 0.1) is 0 Å². The third-order valence-electron chi connectivity index (χ3n) is 6.57. The molecule has 1 unspecified atom stereocenters. The van der Waals surface area contributed by atoms with Crippen molar-refractivity contribution in [3.8, 4) is 17.2 Å². The Balaban J connectivity index is 1.68. The monoisotopic (exact) mass is 592 g/mol. The lowest BCUT2D eigenvalue weighted by molar-refractivity contribution is -0.274. The van der Waals surface area contributed by atoms with Gasteiger partial charge in [-0.25, -0.2) is 0 Å². The highest BCUT2D eigenvalue weighted by Crippen LogP contribution is 2.39. The zero-order valence-electron chi connectivity index (χ0n) is 22.3. The minimum Gasteiger partial charge on any atom is -0.497 e. The Kier molecular flexibility index (Phi) is 9.17. The zero-order valence-corrected chi connectivity index (χ0v) is 23.0. The second-order valence-electron chi connectivity index (χ2n) is 9.36. The minimum absolute atomic E-state index is 0.0447. The molecule has 4 rings (SSSR count). The normalized spacial score (nSPS) is 13.4. The van der Waals surface area contributed by atoms with Crippen LogP contribution in [0.15, 0.2) is 60.7 Å². The number of nitrogens with zero attached hydrogens (tertiary/aromatic N) is 2. The molecule has 0 radical (unpaired) electrons. The van der Waals surface area contributed by atoms with Gasteiger partial charge in [0.25, 0.3) is 5.91 Å². The van der Waals surface area contributed by atoms with Crippen molar-refractivity contribution in [2.75, 3.05) is 37.1 Å². The summed E-state index contributed by atoms with van der Waals surface area (Å²) in [7, 11) is 3.19. The number of carboxylic acids is 1. The van der Waals surface area contributed by atoms with Gasteiger partial charge in [-0.05, 0) is 42.2 Å². The number of aliphatic carboxylic acids is 1. The van der Waals surface area contributed by atoms with Gasteiger partial charge < -0.3 is 29.1 Å². The average Bonchev–Trinajstić information content (AvgIpc) is 3.34. The number of carboxylic acid groups (broad SMARTS) is 1. The van der Waals surface area contributed by atoms with Crippen LogP contribution in [0.3, 0.4) is 0 Å². The lowest BCUT2D eigenvalue weighted by Crippen LogP contribution is -2.41. The molecule has 218 valence electrons. The third-order valence-corrected chi connectivity index (χ3v) is 6.82. The largest absolute Gasteiger partial charge is 0.573 e. The maximum atomic E-state index is 14.2. The molecule has 0 saturated carbocycles. The molecular formula is C29H28ClF3N2O6. The first-order valence-corrected chi connectivity index (χ1v) is 13.0. The fraction of sp³-hybridized carbons (Fsp3) is 0.310. The molecule has 41 heavy (non-hydrogen) atoms. The third kappa shape index (κ3) is 7.55. The van der Waals surface area contributed by atoms with Crippen LogP contribution >= 0.6 is 11.6 Å². The van der Waals surface area contributed by atoms with Crippen molar-refractivity contribution in [2.24, 2.45) is 0 Å². The first-order valence-electron chi connectivity index (χ1n) is 12.7. The van der Waals surface area contributed by atoms with E-state index < -0.39 is 24.1 Å². The number of carbonyl (C=O) groups excluding carboxylic acids is 1. The van der Waals surface area contributed by atoms with Crippen molar-refractivity contribution in [1.29, 1.82) is 0 Å². The minimum atomic E-state index is -4.87. The molecular weight excluding hydrogens is 565 g/mol. The van der Waals surface area contributed by atoms with Crippen molar-refractivity contribution in [3.63, 3.8) is 0 Å². The molecule has 3 aromatic rings. The zero-order chi connectivity index (χ0) is 29.7. The fourth-order valence-corrected chi connectivity index (χ4v) is 4.76. The van der Waals surface area contributed by atoms with Crippen LogP contribution in [0.4, 0.5) is 24.5 Å². The molecule has 1 aliphatic heterocycles. The van der Waals surface area contributed by atoms with E-state index >= 15 is 0 Å². The molecule has 1 amide bonds. The van der Waals surface area contributed by atoms with Crippen LogP contribution in [-0.4, -0.2) is 50.7 Å². The number of hydrogen-bond acceptors (Lipinski definition) is 6. The Bertz CT molecular complexity index is 1400. The number of alkyl halides is 3. The highest BCUT2D eigenvalue weighted by Gasteiger charge is 2.36. The summed E-state index contributed by atoms with van der Waals surface area (Å²) in [5, 5.41) is 9.35. The Hall–Kier alpha value is -4.12. The molecule has 0 spiro atoms. The molecule has 1 N–H and O–H groups in total. The van der Waals surface area contributed by atoms with E-state index in [0.717, 1.165) is 5.56 Å². The number of ether oxygens (including phenoxy) is 3. The molecule has 0 aliphatic carbocycles. The van der Waals surface area contributed by atoms with Crippen LogP contribution in [-0.2, 0) is 16.0 Å². The molecule has 0 aromatic heterocycles. The first kappa shape index (κ1) is 29.9. The average molecular weight is 593 g/mol. The number of anilines is 2. The van der Waals surface area contributed by atoms with Crippen LogP contribution in [0.25, 0.3) is 0 Å². The second-order valence-corrected chi connectivity index (χ2v) is 9.79. The summed E-state index contributed by atoms with van der Waals surface area (Å²) >= 11 is 6.11. The van der Waals surface area contributed by atoms with Gasteiger partial charge in [0, 0.05) is 55.0 Å². The number of halogens is 4. The van der Waals surface area contributed by atoms with Gasteiger partial charge in [-0.1, -0.05) is 29.8 Å². The second kappa shape index (κ2) is 12.6. The van der Waals surface area contributed by atoms with Crippen LogP contribution in [0.2, 0.25) is 5.02 Å². The van der Waals surface area contributed by atoms with Crippen molar-refractivity contribution in [3.05, 3.63) is 76.8 Å². The summed E-state index contributed by atoms with van der Waals surface area (Å²) in [6.45, 7) is 0.437. The Morgan fingerprint density at radius 1 is 1.05 bits per heavy atom. The molecule has 1 heterocycles. The standard InChI is InChI=1S/C29H28ClF3N2O6/c1-34(21-14-23(39-2)16-24(15-21)40-13-3-4-26(36)37)27(19-5-8-20(30)9-6-19)28(38)35-12-11-18-7-10-22(17-25(18)35)41-29(31,32)33/h5-10,14-17,27H,3-4,11-13H2,1-2H3,(H,36,37). The highest BCUT2D eigenvalue weighted by atomic mass is 35.5. The summed E-state index contributed by atoms with van der Waals surface area (Å²) in [6, 6.07) is 14.9. The Morgan fingerprint density at radius 3 is 2.41 bits per heavy atom. The predicted molar refractivity (Wildman–Crippen MR) is 147 cm³/mol. The first-order chi connectivity index (χ1) is 19.4. The topological polar surface area (TPSA) is 88.5 Å². The van der Waals surface area contributed by atoms with Crippen LogP contribution in [0.5, 0.6) is 17.2 Å². The molecule has 0 fully saturated rings. The number of hydrogen-bond donors (Lipinski definition) is 1. The number of fused-ring (bicyclic) bond motifs is 1. The van der Waals surface area contributed by atoms with E-state index in [2.05, 4.69) is 4.74 Å². The SMILES string of the molecule is COc1cc(OCCCC(=O)O)cc(N(C)C(C(=O)N2CCc3ccc(OC(F)(F)F)cc32)c2ccc(Cl)cc2)c1. The maximum Gasteiger partial charge on any atom is 0.573 e. The van der Waals surface area contributed by atoms with Crippen LogP contribution < -0.4 is 24.0 Å². The van der Waals surface area contributed by atoms with E-state index in [4.69, 9.17) is 26.2 Å². The molecule has 0 bridgehead atoms. The number of methoxy groups -OCH3 is 1. The van der Waals surface area contributed by atoms with Crippen molar-refractivity contribution in [2.45, 2.75) is 31.7 Å². The number of carbonyl (C=O) groups is 2. The lowest BCUT2D eigenvalue weighted by Gasteiger charge is -2.33. The van der Waals surface area contributed by atoms with E-state index in [0.29, 0.717) is 46.3 Å². The Labute approximate surface area is 239 Å². The van der Waals surface area contributed by atoms with E-state index in [1.807, 2.05) is 0 Å². The molecule has 1 aliphatic rings. The van der Waals surface area contributed by atoms with Gasteiger partial charge in [-0.15, -0.1) is 13.2 Å². The molecule has 12 heteroatoms. The van der Waals surface area contributed by atoms with Gasteiger partial charge >= 0.3 is 12.3 Å². The summed E-state index contributed by atoms with van der Waals surface area (Å²) in [5.41, 5.74) is 2.23. The number of likely N-dealkylation sites (N-methyl/N-ethyl adjacent to an activating group) is 1. The maximum absolute atomic E-state index is 14.2. The van der Waals surface area contributed by atoms with Gasteiger partial charge in [0.2, 0.25) is 0 Å². The molecule has 8 nitrogen and oxygen atoms in total. The van der Waals surface area contributed by atoms with Gasteiger partial charge in [0.05, 0.1) is 19.4 Å². The van der Waals surface area contributed by atoms with Crippen molar-refractivity contribution < 1.29 is 42.1 Å². The number of benzene rings is 3. The van der Waals surface area contributed by atoms with Gasteiger partial charge in [0.1, 0.15) is 23.3 Å². The van der Waals surface area contributed by atoms with E-state index in [-0.39, 0.29) is 25.5 Å². The molecule has 3 aromatic carbocycles. The molecule has 0 saturated heterocycles. The quantitative estimate of drug-likeness (QED) is 0.263. The fourth-order valence-electron chi connectivity index (χ4n) is 4.63. The molecule has 1 atom stereocenters. The smallest absolute Gasteiger partial charge is 0.497 e.